The molecule has 0 saturated heterocycles. The molecule has 0 bridgehead atoms. The van der Waals surface area contributed by atoms with E-state index in [-0.39, 0.29) is 43.6 Å². The van der Waals surface area contributed by atoms with E-state index < -0.39 is 32.0 Å². The van der Waals surface area contributed by atoms with Crippen molar-refractivity contribution in [2.75, 3.05) is 26.9 Å². The van der Waals surface area contributed by atoms with E-state index in [0.717, 1.165) is 0 Å². The van der Waals surface area contributed by atoms with Crippen molar-refractivity contribution in [3.63, 3.8) is 0 Å². The molecule has 0 unspecified atom stereocenters. The zero-order valence-electron chi connectivity index (χ0n) is 20.7. The summed E-state index contributed by atoms with van der Waals surface area (Å²) in [5, 5.41) is -0.0424. The molecule has 0 aromatic heterocycles. The van der Waals surface area contributed by atoms with Gasteiger partial charge in [0.25, 0.3) is 0 Å². The van der Waals surface area contributed by atoms with Gasteiger partial charge in [-0.1, -0.05) is 33.4 Å². The first-order valence-corrected chi connectivity index (χ1v) is 13.4. The van der Waals surface area contributed by atoms with Crippen molar-refractivity contribution in [2.45, 2.75) is 84.2 Å². The van der Waals surface area contributed by atoms with Gasteiger partial charge in [-0.3, -0.25) is 14.5 Å². The van der Waals surface area contributed by atoms with Gasteiger partial charge in [0, 0.05) is 6.42 Å². The van der Waals surface area contributed by atoms with Gasteiger partial charge in [-0.05, 0) is 45.3 Å². The van der Waals surface area contributed by atoms with E-state index in [0.29, 0.717) is 0 Å². The number of ether oxygens (including phenoxy) is 3. The highest BCUT2D eigenvalue weighted by Gasteiger charge is 2.39. The second-order valence-electron chi connectivity index (χ2n) is 9.92. The first kappa shape index (κ1) is 29.1. The number of methoxy groups -OCH3 is 1. The van der Waals surface area contributed by atoms with Crippen molar-refractivity contribution in [2.24, 2.45) is 0 Å². The van der Waals surface area contributed by atoms with E-state index in [2.05, 4.69) is 40.4 Å². The normalized spacial score (nSPS) is 13.2. The molecule has 0 aromatic carbocycles. The summed E-state index contributed by atoms with van der Waals surface area (Å²) < 4.78 is 21.6. The monoisotopic (exact) mass is 459 g/mol. The van der Waals surface area contributed by atoms with Gasteiger partial charge in [0.15, 0.2) is 8.32 Å². The zero-order valence-corrected chi connectivity index (χ0v) is 21.7. The van der Waals surface area contributed by atoms with Crippen LogP contribution < -0.4 is 0 Å². The Kier molecular flexibility index (Phi) is 11.5. The molecule has 0 aromatic rings. The Morgan fingerprint density at radius 3 is 2.10 bits per heavy atom. The Bertz CT molecular complexity index is 620. The fourth-order valence-corrected chi connectivity index (χ4v) is 3.33. The lowest BCUT2D eigenvalue weighted by atomic mass is 10.1. The summed E-state index contributed by atoms with van der Waals surface area (Å²) in [6, 6.07) is -0.571. The predicted molar refractivity (Wildman–Crippen MR) is 122 cm³/mol. The molecule has 0 rings (SSSR count). The lowest BCUT2D eigenvalue weighted by Crippen LogP contribution is -2.50. The second kappa shape index (κ2) is 12.2. The molecule has 0 aliphatic carbocycles. The minimum Gasteiger partial charge on any atom is -0.468 e. The van der Waals surface area contributed by atoms with Crippen molar-refractivity contribution in [1.29, 1.82) is 0 Å². The van der Waals surface area contributed by atoms with Gasteiger partial charge in [-0.25, -0.2) is 4.79 Å². The van der Waals surface area contributed by atoms with Crippen LogP contribution in [0.15, 0.2) is 12.7 Å². The van der Waals surface area contributed by atoms with E-state index in [1.165, 1.54) is 18.1 Å². The molecular formula is C22H41NO7Si. The molecule has 8 nitrogen and oxygen atoms in total. The lowest BCUT2D eigenvalue weighted by molar-refractivity contribution is -0.155. The molecular weight excluding hydrogens is 418 g/mol. The summed E-state index contributed by atoms with van der Waals surface area (Å²) in [6.45, 7) is 19.3. The molecule has 31 heavy (non-hydrogen) atoms. The summed E-state index contributed by atoms with van der Waals surface area (Å²) in [4.78, 5) is 38.2. The fourth-order valence-electron chi connectivity index (χ4n) is 2.29. The summed E-state index contributed by atoms with van der Waals surface area (Å²) >= 11 is 0. The molecule has 9 heteroatoms. The third-order valence-electron chi connectivity index (χ3n) is 5.07. The van der Waals surface area contributed by atoms with Crippen LogP contribution in [0.5, 0.6) is 0 Å². The van der Waals surface area contributed by atoms with Crippen molar-refractivity contribution >= 4 is 26.3 Å². The van der Waals surface area contributed by atoms with Gasteiger partial charge in [0.05, 0.1) is 19.8 Å². The largest absolute Gasteiger partial charge is 0.468 e. The van der Waals surface area contributed by atoms with Crippen LogP contribution in [0.1, 0.15) is 54.4 Å². The Morgan fingerprint density at radius 1 is 1.06 bits per heavy atom. The minimum absolute atomic E-state index is 0.00160. The van der Waals surface area contributed by atoms with Gasteiger partial charge in [-0.2, -0.15) is 0 Å². The topological polar surface area (TPSA) is 91.4 Å². The van der Waals surface area contributed by atoms with Gasteiger partial charge >= 0.3 is 18.0 Å². The number of rotatable bonds is 11. The maximum Gasteiger partial charge on any atom is 0.410 e. The molecule has 0 spiro atoms. The standard InChI is InChI=1S/C22H41NO7Si/c1-11-14-28-20(26)23(15-19(25)27-8)17(12-13-18(24)30-21(2,3)4)16-29-31(9,10)22(5,6)7/h11,17H,1,12-16H2,2-10H3/t17-/m0/s1. The Balaban J connectivity index is 5.66. The van der Waals surface area contributed by atoms with E-state index in [1.54, 1.807) is 20.8 Å². The third kappa shape index (κ3) is 11.4. The fraction of sp³-hybridized carbons (Fsp3) is 0.773. The highest BCUT2D eigenvalue weighted by atomic mass is 28.4. The number of hydrogen-bond acceptors (Lipinski definition) is 7. The van der Waals surface area contributed by atoms with Crippen LogP contribution >= 0.6 is 0 Å². The third-order valence-corrected chi connectivity index (χ3v) is 9.57. The molecule has 0 aliphatic rings. The van der Waals surface area contributed by atoms with Crippen LogP contribution in [-0.2, 0) is 28.2 Å². The number of amides is 1. The molecule has 0 fully saturated rings. The van der Waals surface area contributed by atoms with Gasteiger partial charge in [0.2, 0.25) is 0 Å². The molecule has 0 radical (unpaired) electrons. The average molecular weight is 460 g/mol. The number of nitrogens with zero attached hydrogens (tertiary/aromatic N) is 1. The van der Waals surface area contributed by atoms with E-state index in [1.807, 2.05) is 0 Å². The summed E-state index contributed by atoms with van der Waals surface area (Å²) in [5.41, 5.74) is -0.612. The van der Waals surface area contributed by atoms with Crippen molar-refractivity contribution in [3.05, 3.63) is 12.7 Å². The highest BCUT2D eigenvalue weighted by Crippen LogP contribution is 2.36. The van der Waals surface area contributed by atoms with Crippen molar-refractivity contribution in [1.82, 2.24) is 4.90 Å². The smallest absolute Gasteiger partial charge is 0.410 e. The molecule has 1 amide bonds. The first-order valence-electron chi connectivity index (χ1n) is 10.5. The number of carbonyl (C=O) groups excluding carboxylic acids is 3. The Hall–Kier alpha value is -1.87. The maximum atomic E-state index is 12.7. The SMILES string of the molecule is C=CCOC(=O)N(CC(=O)OC)[C@@H](CCC(=O)OC(C)(C)C)CO[Si](C)(C)C(C)(C)C. The molecule has 0 heterocycles. The number of hydrogen-bond donors (Lipinski definition) is 0. The number of carbonyl (C=O) groups is 3. The second-order valence-corrected chi connectivity index (χ2v) is 14.7. The molecule has 0 aliphatic heterocycles. The molecule has 1 atom stereocenters. The Morgan fingerprint density at radius 2 is 1.65 bits per heavy atom. The summed E-state index contributed by atoms with van der Waals surface area (Å²) in [5.74, 6) is -0.979. The van der Waals surface area contributed by atoms with Crippen molar-refractivity contribution < 1.29 is 33.0 Å². The molecule has 180 valence electrons. The predicted octanol–water partition coefficient (Wildman–Crippen LogP) is 4.30. The first-order chi connectivity index (χ1) is 14.0. The van der Waals surface area contributed by atoms with Crippen LogP contribution in [0.3, 0.4) is 0 Å². The van der Waals surface area contributed by atoms with E-state index >= 15 is 0 Å². The van der Waals surface area contributed by atoms with Crippen molar-refractivity contribution in [3.8, 4) is 0 Å². The zero-order chi connectivity index (χ0) is 24.5. The van der Waals surface area contributed by atoms with E-state index in [9.17, 15) is 14.4 Å². The summed E-state index contributed by atoms with van der Waals surface area (Å²) in [7, 11) is -0.896. The van der Waals surface area contributed by atoms with Crippen LogP contribution in [0.25, 0.3) is 0 Å². The van der Waals surface area contributed by atoms with Gasteiger partial charge < -0.3 is 18.6 Å². The van der Waals surface area contributed by atoms with Gasteiger partial charge in [-0.15, -0.1) is 0 Å². The minimum atomic E-state index is -2.14. The average Bonchev–Trinajstić information content (AvgIpc) is 2.62. The summed E-state index contributed by atoms with van der Waals surface area (Å²) in [6.07, 6.45) is 1.06. The van der Waals surface area contributed by atoms with Gasteiger partial charge in [0.1, 0.15) is 18.8 Å². The van der Waals surface area contributed by atoms with Crippen LogP contribution in [0.4, 0.5) is 4.79 Å². The molecule has 0 saturated carbocycles. The maximum absolute atomic E-state index is 12.7. The Labute approximate surface area is 188 Å². The molecule has 0 N–H and O–H groups in total. The highest BCUT2D eigenvalue weighted by molar-refractivity contribution is 6.74. The van der Waals surface area contributed by atoms with E-state index in [4.69, 9.17) is 18.6 Å². The quantitative estimate of drug-likeness (QED) is 0.197. The van der Waals surface area contributed by atoms with Crippen LogP contribution in [-0.4, -0.2) is 69.8 Å². The number of esters is 2. The van der Waals surface area contributed by atoms with Crippen LogP contribution in [0.2, 0.25) is 18.1 Å². The van der Waals surface area contributed by atoms with Crippen LogP contribution in [0, 0.1) is 0 Å². The lowest BCUT2D eigenvalue weighted by Gasteiger charge is -2.39.